The smallest absolute Gasteiger partial charge is 0.251 e. The van der Waals surface area contributed by atoms with E-state index in [1.165, 1.54) is 0 Å². The first-order chi connectivity index (χ1) is 12.7. The van der Waals surface area contributed by atoms with Crippen molar-refractivity contribution in [1.82, 2.24) is 10.6 Å². The molecule has 3 rings (SSSR count). The standard InChI is InChI=1S/C22H20N2O2/c1-23-22(26)19-11-9-16(10-12-19)15-24-21(25)14-13-18-7-4-6-17-5-2-3-8-20(17)18/h2-14H,15H2,1H3,(H,23,26)(H,24,25)/b14-13+. The van der Waals surface area contributed by atoms with Crippen molar-refractivity contribution in [3.8, 4) is 0 Å². The second-order valence-corrected chi connectivity index (χ2v) is 5.90. The molecule has 2 amide bonds. The molecule has 0 aromatic heterocycles. The van der Waals surface area contributed by atoms with Crippen molar-refractivity contribution < 1.29 is 9.59 Å². The summed E-state index contributed by atoms with van der Waals surface area (Å²) < 4.78 is 0. The van der Waals surface area contributed by atoms with Crippen LogP contribution in [0.5, 0.6) is 0 Å². The highest BCUT2D eigenvalue weighted by Crippen LogP contribution is 2.19. The lowest BCUT2D eigenvalue weighted by atomic mass is 10.0. The zero-order valence-corrected chi connectivity index (χ0v) is 14.5. The van der Waals surface area contributed by atoms with Crippen LogP contribution in [0.15, 0.2) is 72.8 Å². The number of benzene rings is 3. The molecule has 0 aliphatic carbocycles. The fourth-order valence-electron chi connectivity index (χ4n) is 2.73. The molecular weight excluding hydrogens is 324 g/mol. The lowest BCUT2D eigenvalue weighted by Gasteiger charge is -2.05. The van der Waals surface area contributed by atoms with Crippen molar-refractivity contribution in [2.75, 3.05) is 7.05 Å². The molecule has 0 aliphatic heterocycles. The van der Waals surface area contributed by atoms with Crippen LogP contribution in [0.4, 0.5) is 0 Å². The first-order valence-corrected chi connectivity index (χ1v) is 8.42. The highest BCUT2D eigenvalue weighted by Gasteiger charge is 2.03. The Hall–Kier alpha value is -3.40. The molecule has 130 valence electrons. The van der Waals surface area contributed by atoms with Crippen molar-refractivity contribution in [3.05, 3.63) is 89.5 Å². The third-order valence-electron chi connectivity index (χ3n) is 4.15. The molecule has 26 heavy (non-hydrogen) atoms. The fraction of sp³-hybridized carbons (Fsp3) is 0.0909. The molecule has 0 aliphatic rings. The maximum atomic E-state index is 12.1. The van der Waals surface area contributed by atoms with Gasteiger partial charge in [-0.15, -0.1) is 0 Å². The number of carbonyl (C=O) groups excluding carboxylic acids is 2. The van der Waals surface area contributed by atoms with E-state index in [-0.39, 0.29) is 11.8 Å². The van der Waals surface area contributed by atoms with Crippen LogP contribution in [0.2, 0.25) is 0 Å². The Morgan fingerprint density at radius 2 is 1.65 bits per heavy atom. The SMILES string of the molecule is CNC(=O)c1ccc(CNC(=O)/C=C/c2cccc3ccccc23)cc1. The Labute approximate surface area is 152 Å². The first-order valence-electron chi connectivity index (χ1n) is 8.42. The summed E-state index contributed by atoms with van der Waals surface area (Å²) in [7, 11) is 1.60. The average Bonchev–Trinajstić information content (AvgIpc) is 2.70. The predicted molar refractivity (Wildman–Crippen MR) is 105 cm³/mol. The predicted octanol–water partition coefficient (Wildman–Crippen LogP) is 3.53. The molecule has 0 bridgehead atoms. The van der Waals surface area contributed by atoms with Crippen molar-refractivity contribution >= 4 is 28.7 Å². The molecular formula is C22H20N2O2. The van der Waals surface area contributed by atoms with Crippen LogP contribution in [0.25, 0.3) is 16.8 Å². The van der Waals surface area contributed by atoms with E-state index in [0.29, 0.717) is 12.1 Å². The fourth-order valence-corrected chi connectivity index (χ4v) is 2.73. The summed E-state index contributed by atoms with van der Waals surface area (Å²) in [5.74, 6) is -0.285. The van der Waals surface area contributed by atoms with Crippen LogP contribution in [-0.4, -0.2) is 18.9 Å². The molecule has 0 spiro atoms. The Bertz CT molecular complexity index is 954. The van der Waals surface area contributed by atoms with Crippen LogP contribution in [0.3, 0.4) is 0 Å². The van der Waals surface area contributed by atoms with Gasteiger partial charge in [-0.2, -0.15) is 0 Å². The van der Waals surface area contributed by atoms with Crippen LogP contribution in [0, 0.1) is 0 Å². The quantitative estimate of drug-likeness (QED) is 0.696. The van der Waals surface area contributed by atoms with E-state index >= 15 is 0 Å². The van der Waals surface area contributed by atoms with Gasteiger partial charge >= 0.3 is 0 Å². The first kappa shape index (κ1) is 17.4. The van der Waals surface area contributed by atoms with Gasteiger partial charge < -0.3 is 10.6 Å². The Morgan fingerprint density at radius 3 is 2.42 bits per heavy atom. The summed E-state index contributed by atoms with van der Waals surface area (Å²) in [6.45, 7) is 0.409. The number of fused-ring (bicyclic) bond motifs is 1. The second kappa shape index (κ2) is 8.12. The van der Waals surface area contributed by atoms with Gasteiger partial charge in [-0.25, -0.2) is 0 Å². The molecule has 2 N–H and O–H groups in total. The van der Waals surface area contributed by atoms with E-state index in [4.69, 9.17) is 0 Å². The molecule has 4 heteroatoms. The lowest BCUT2D eigenvalue weighted by molar-refractivity contribution is -0.116. The van der Waals surface area contributed by atoms with Crippen molar-refractivity contribution in [2.24, 2.45) is 0 Å². The number of amides is 2. The van der Waals surface area contributed by atoms with Crippen LogP contribution >= 0.6 is 0 Å². The number of hydrogen-bond acceptors (Lipinski definition) is 2. The number of carbonyl (C=O) groups is 2. The molecule has 4 nitrogen and oxygen atoms in total. The van der Waals surface area contributed by atoms with E-state index in [9.17, 15) is 9.59 Å². The normalized spacial score (nSPS) is 10.8. The molecule has 3 aromatic carbocycles. The van der Waals surface area contributed by atoms with E-state index < -0.39 is 0 Å². The maximum Gasteiger partial charge on any atom is 0.251 e. The van der Waals surface area contributed by atoms with Gasteiger partial charge in [-0.05, 0) is 40.1 Å². The second-order valence-electron chi connectivity index (χ2n) is 5.90. The van der Waals surface area contributed by atoms with E-state index in [1.54, 1.807) is 25.3 Å². The molecule has 0 atom stereocenters. The highest BCUT2D eigenvalue weighted by molar-refractivity contribution is 5.96. The van der Waals surface area contributed by atoms with Gasteiger partial charge in [0.05, 0.1) is 0 Å². The number of hydrogen-bond donors (Lipinski definition) is 2. The van der Waals surface area contributed by atoms with Crippen molar-refractivity contribution in [3.63, 3.8) is 0 Å². The molecule has 0 saturated heterocycles. The molecule has 0 heterocycles. The van der Waals surface area contributed by atoms with Gasteiger partial charge in [0.1, 0.15) is 0 Å². The maximum absolute atomic E-state index is 12.1. The minimum Gasteiger partial charge on any atom is -0.355 e. The molecule has 0 unspecified atom stereocenters. The Kier molecular flexibility index (Phi) is 5.44. The van der Waals surface area contributed by atoms with E-state index in [1.807, 2.05) is 48.5 Å². The van der Waals surface area contributed by atoms with Crippen molar-refractivity contribution in [1.29, 1.82) is 0 Å². The zero-order chi connectivity index (χ0) is 18.4. The van der Waals surface area contributed by atoms with Gasteiger partial charge in [0.15, 0.2) is 0 Å². The summed E-state index contributed by atoms with van der Waals surface area (Å²) >= 11 is 0. The van der Waals surface area contributed by atoms with Crippen molar-refractivity contribution in [2.45, 2.75) is 6.54 Å². The third-order valence-corrected chi connectivity index (χ3v) is 4.15. The van der Waals surface area contributed by atoms with Gasteiger partial charge in [-0.1, -0.05) is 54.6 Å². The Morgan fingerprint density at radius 1 is 0.923 bits per heavy atom. The van der Waals surface area contributed by atoms with Crippen LogP contribution in [0.1, 0.15) is 21.5 Å². The minimum atomic E-state index is -0.159. The van der Waals surface area contributed by atoms with Gasteiger partial charge in [0.2, 0.25) is 5.91 Å². The molecule has 0 fully saturated rings. The summed E-state index contributed by atoms with van der Waals surface area (Å²) in [6.07, 6.45) is 3.37. The average molecular weight is 344 g/mol. The molecule has 0 radical (unpaired) electrons. The van der Waals surface area contributed by atoms with Gasteiger partial charge in [-0.3, -0.25) is 9.59 Å². The third kappa shape index (κ3) is 4.16. The lowest BCUT2D eigenvalue weighted by Crippen LogP contribution is -2.20. The molecule has 0 saturated carbocycles. The topological polar surface area (TPSA) is 58.2 Å². The minimum absolute atomic E-state index is 0.126. The zero-order valence-electron chi connectivity index (χ0n) is 14.5. The van der Waals surface area contributed by atoms with Gasteiger partial charge in [0.25, 0.3) is 5.91 Å². The highest BCUT2D eigenvalue weighted by atomic mass is 16.2. The molecule has 3 aromatic rings. The largest absolute Gasteiger partial charge is 0.355 e. The summed E-state index contributed by atoms with van der Waals surface area (Å²) in [5.41, 5.74) is 2.54. The monoisotopic (exact) mass is 344 g/mol. The number of rotatable bonds is 5. The summed E-state index contributed by atoms with van der Waals surface area (Å²) in [5, 5.41) is 7.69. The van der Waals surface area contributed by atoms with Gasteiger partial charge in [0, 0.05) is 25.2 Å². The Balaban J connectivity index is 1.62. The number of nitrogens with one attached hydrogen (secondary N) is 2. The van der Waals surface area contributed by atoms with Crippen LogP contribution in [-0.2, 0) is 11.3 Å². The summed E-state index contributed by atoms with van der Waals surface area (Å²) in [4.78, 5) is 23.6. The van der Waals surface area contributed by atoms with E-state index in [0.717, 1.165) is 21.9 Å². The van der Waals surface area contributed by atoms with E-state index in [2.05, 4.69) is 22.8 Å². The van der Waals surface area contributed by atoms with Crippen LogP contribution < -0.4 is 10.6 Å². The summed E-state index contributed by atoms with van der Waals surface area (Å²) in [6, 6.07) is 21.3.